The van der Waals surface area contributed by atoms with E-state index >= 15 is 0 Å². The molecule has 0 spiro atoms. The van der Waals surface area contributed by atoms with E-state index in [4.69, 9.17) is 4.74 Å². The van der Waals surface area contributed by atoms with Gasteiger partial charge in [0.05, 0.1) is 18.6 Å². The van der Waals surface area contributed by atoms with Gasteiger partial charge < -0.3 is 9.72 Å². The fourth-order valence-electron chi connectivity index (χ4n) is 1.88. The molecule has 0 aliphatic heterocycles. The lowest BCUT2D eigenvalue weighted by Gasteiger charge is -2.13. The molecule has 0 aromatic carbocycles. The Morgan fingerprint density at radius 2 is 2.53 bits per heavy atom. The van der Waals surface area contributed by atoms with Gasteiger partial charge in [-0.1, -0.05) is 6.92 Å². The van der Waals surface area contributed by atoms with E-state index in [1.165, 1.54) is 18.5 Å². The maximum absolute atomic E-state index is 10.2. The lowest BCUT2D eigenvalue weighted by Crippen LogP contribution is -2.09. The zero-order valence-corrected chi connectivity index (χ0v) is 8.90. The SMILES string of the molecule is CCC(COC=O)c1[nH]cnc1C1CC1. The Hall–Kier alpha value is -1.32. The van der Waals surface area contributed by atoms with Crippen LogP contribution in [0.2, 0.25) is 0 Å². The molecule has 1 aromatic heterocycles. The summed E-state index contributed by atoms with van der Waals surface area (Å²) in [7, 11) is 0. The summed E-state index contributed by atoms with van der Waals surface area (Å²) < 4.78 is 4.84. The Morgan fingerprint density at radius 3 is 3.13 bits per heavy atom. The molecule has 1 N–H and O–H groups in total. The van der Waals surface area contributed by atoms with Crippen LogP contribution in [0.25, 0.3) is 0 Å². The fraction of sp³-hybridized carbons (Fsp3) is 0.636. The van der Waals surface area contributed by atoms with Crippen molar-refractivity contribution in [2.24, 2.45) is 0 Å². The molecule has 1 aliphatic carbocycles. The highest BCUT2D eigenvalue weighted by molar-refractivity contribution is 5.37. The van der Waals surface area contributed by atoms with Crippen LogP contribution in [0.15, 0.2) is 6.33 Å². The van der Waals surface area contributed by atoms with Crippen molar-refractivity contribution in [3.63, 3.8) is 0 Å². The van der Waals surface area contributed by atoms with Crippen molar-refractivity contribution in [3.8, 4) is 0 Å². The molecule has 82 valence electrons. The van der Waals surface area contributed by atoms with Gasteiger partial charge >= 0.3 is 0 Å². The average molecular weight is 208 g/mol. The second-order valence-corrected chi connectivity index (χ2v) is 4.01. The van der Waals surface area contributed by atoms with Crippen molar-refractivity contribution in [3.05, 3.63) is 17.7 Å². The number of aromatic amines is 1. The predicted molar refractivity (Wildman–Crippen MR) is 55.6 cm³/mol. The van der Waals surface area contributed by atoms with Gasteiger partial charge in [-0.05, 0) is 19.3 Å². The Bertz CT molecular complexity index is 331. The molecule has 0 amide bonds. The summed E-state index contributed by atoms with van der Waals surface area (Å²) >= 11 is 0. The summed E-state index contributed by atoms with van der Waals surface area (Å²) in [4.78, 5) is 17.7. The monoisotopic (exact) mass is 208 g/mol. The van der Waals surface area contributed by atoms with Crippen LogP contribution in [-0.4, -0.2) is 23.0 Å². The zero-order valence-electron chi connectivity index (χ0n) is 8.90. The maximum Gasteiger partial charge on any atom is 0.293 e. The van der Waals surface area contributed by atoms with Gasteiger partial charge in [-0.15, -0.1) is 0 Å². The van der Waals surface area contributed by atoms with Gasteiger partial charge in [0.25, 0.3) is 6.47 Å². The highest BCUT2D eigenvalue weighted by Gasteiger charge is 2.30. The predicted octanol–water partition coefficient (Wildman–Crippen LogP) is 1.95. The standard InChI is InChI=1S/C11H16N2O2/c1-2-8(5-15-7-14)10-11(9-3-4-9)13-6-12-10/h6-9H,2-5H2,1H3,(H,12,13). The lowest BCUT2D eigenvalue weighted by atomic mass is 10.00. The molecule has 1 saturated carbocycles. The fourth-order valence-corrected chi connectivity index (χ4v) is 1.88. The first-order valence-corrected chi connectivity index (χ1v) is 5.45. The van der Waals surface area contributed by atoms with E-state index < -0.39 is 0 Å². The smallest absolute Gasteiger partial charge is 0.293 e. The number of aromatic nitrogens is 2. The van der Waals surface area contributed by atoms with Gasteiger partial charge in [-0.3, -0.25) is 4.79 Å². The van der Waals surface area contributed by atoms with Gasteiger partial charge in [-0.2, -0.15) is 0 Å². The molecule has 15 heavy (non-hydrogen) atoms. The minimum atomic E-state index is 0.258. The van der Waals surface area contributed by atoms with Crippen molar-refractivity contribution < 1.29 is 9.53 Å². The Morgan fingerprint density at radius 1 is 1.73 bits per heavy atom. The number of hydrogen-bond acceptors (Lipinski definition) is 3. The number of ether oxygens (including phenoxy) is 1. The van der Waals surface area contributed by atoms with Crippen LogP contribution in [0.1, 0.15) is 49.4 Å². The molecule has 1 unspecified atom stereocenters. The van der Waals surface area contributed by atoms with Gasteiger partial charge in [0, 0.05) is 17.5 Å². The lowest BCUT2D eigenvalue weighted by molar-refractivity contribution is -0.129. The summed E-state index contributed by atoms with van der Waals surface area (Å²) in [5.74, 6) is 0.893. The van der Waals surface area contributed by atoms with Crippen LogP contribution in [0, 0.1) is 0 Å². The quantitative estimate of drug-likeness (QED) is 0.727. The number of carbonyl (C=O) groups excluding carboxylic acids is 1. The van der Waals surface area contributed by atoms with Crippen molar-refractivity contribution in [1.82, 2.24) is 9.97 Å². The van der Waals surface area contributed by atoms with E-state index in [0.29, 0.717) is 19.0 Å². The third kappa shape index (κ3) is 2.19. The molecule has 4 heteroatoms. The van der Waals surface area contributed by atoms with E-state index in [1.807, 2.05) is 0 Å². The number of H-pyrrole nitrogens is 1. The molecule has 1 aromatic rings. The summed E-state index contributed by atoms with van der Waals surface area (Å²) in [6.07, 6.45) is 5.17. The second kappa shape index (κ2) is 4.47. The highest BCUT2D eigenvalue weighted by Crippen LogP contribution is 2.42. The summed E-state index contributed by atoms with van der Waals surface area (Å²) in [5.41, 5.74) is 2.33. The molecule has 1 atom stereocenters. The molecule has 1 aliphatic rings. The first kappa shape index (κ1) is 10.2. The van der Waals surface area contributed by atoms with E-state index in [2.05, 4.69) is 16.9 Å². The van der Waals surface area contributed by atoms with E-state index in [1.54, 1.807) is 6.33 Å². The van der Waals surface area contributed by atoms with Crippen molar-refractivity contribution in [2.75, 3.05) is 6.61 Å². The van der Waals surface area contributed by atoms with Crippen LogP contribution >= 0.6 is 0 Å². The Kier molecular flexibility index (Phi) is 3.04. The number of rotatable bonds is 6. The van der Waals surface area contributed by atoms with Gasteiger partial charge in [0.2, 0.25) is 0 Å². The topological polar surface area (TPSA) is 55.0 Å². The number of hydrogen-bond donors (Lipinski definition) is 1. The van der Waals surface area contributed by atoms with Gasteiger partial charge in [0.1, 0.15) is 0 Å². The molecule has 0 bridgehead atoms. The molecular formula is C11H16N2O2. The van der Waals surface area contributed by atoms with Crippen LogP contribution < -0.4 is 0 Å². The van der Waals surface area contributed by atoms with Crippen LogP contribution in [-0.2, 0) is 9.53 Å². The normalized spacial score (nSPS) is 17.4. The van der Waals surface area contributed by atoms with E-state index in [9.17, 15) is 4.79 Å². The second-order valence-electron chi connectivity index (χ2n) is 4.01. The molecule has 0 radical (unpaired) electrons. The minimum Gasteiger partial charge on any atom is -0.467 e. The highest BCUT2D eigenvalue weighted by atomic mass is 16.5. The maximum atomic E-state index is 10.2. The van der Waals surface area contributed by atoms with Crippen molar-refractivity contribution in [2.45, 2.75) is 38.0 Å². The van der Waals surface area contributed by atoms with Crippen molar-refractivity contribution in [1.29, 1.82) is 0 Å². The Labute approximate surface area is 89.0 Å². The minimum absolute atomic E-state index is 0.258. The number of imidazole rings is 1. The van der Waals surface area contributed by atoms with Crippen molar-refractivity contribution >= 4 is 6.47 Å². The van der Waals surface area contributed by atoms with Crippen LogP contribution in [0.3, 0.4) is 0 Å². The van der Waals surface area contributed by atoms with E-state index in [-0.39, 0.29) is 5.92 Å². The zero-order chi connectivity index (χ0) is 10.7. The van der Waals surface area contributed by atoms with Crippen LogP contribution in [0.5, 0.6) is 0 Å². The van der Waals surface area contributed by atoms with Gasteiger partial charge in [0.15, 0.2) is 0 Å². The summed E-state index contributed by atoms with van der Waals surface area (Å²) in [6, 6.07) is 0. The molecule has 2 rings (SSSR count). The van der Waals surface area contributed by atoms with Crippen LogP contribution in [0.4, 0.5) is 0 Å². The third-order valence-corrected chi connectivity index (χ3v) is 2.93. The molecule has 1 fully saturated rings. The molecular weight excluding hydrogens is 192 g/mol. The van der Waals surface area contributed by atoms with Gasteiger partial charge in [-0.25, -0.2) is 4.98 Å². The third-order valence-electron chi connectivity index (χ3n) is 2.93. The Balaban J connectivity index is 2.10. The van der Waals surface area contributed by atoms with E-state index in [0.717, 1.165) is 12.1 Å². The number of nitrogens with zero attached hydrogens (tertiary/aromatic N) is 1. The molecule has 1 heterocycles. The number of carbonyl (C=O) groups is 1. The largest absolute Gasteiger partial charge is 0.467 e. The first-order chi connectivity index (χ1) is 7.36. The average Bonchev–Trinajstić information content (AvgIpc) is 2.99. The first-order valence-electron chi connectivity index (χ1n) is 5.45. The number of nitrogens with one attached hydrogen (secondary N) is 1. The molecule has 0 saturated heterocycles. The summed E-state index contributed by atoms with van der Waals surface area (Å²) in [6.45, 7) is 3.05. The molecule has 4 nitrogen and oxygen atoms in total. The summed E-state index contributed by atoms with van der Waals surface area (Å²) in [5, 5.41) is 0.